The van der Waals surface area contributed by atoms with E-state index in [0.717, 1.165) is 38.1 Å². The summed E-state index contributed by atoms with van der Waals surface area (Å²) in [6.45, 7) is 5.31. The molecule has 1 aromatic carbocycles. The molecule has 1 saturated heterocycles. The zero-order valence-electron chi connectivity index (χ0n) is 14.9. The molecule has 2 heterocycles. The average molecular weight is 380 g/mol. The van der Waals surface area contributed by atoms with Crippen LogP contribution in [0.15, 0.2) is 24.3 Å². The van der Waals surface area contributed by atoms with Crippen molar-refractivity contribution in [3.63, 3.8) is 0 Å². The molecular formula is C18H19F3N4O2. The van der Waals surface area contributed by atoms with E-state index in [4.69, 9.17) is 0 Å². The molecule has 9 heteroatoms. The lowest BCUT2D eigenvalue weighted by atomic mass is 10.2. The first-order chi connectivity index (χ1) is 12.7. The first-order valence-electron chi connectivity index (χ1n) is 8.50. The predicted octanol–water partition coefficient (Wildman–Crippen LogP) is 3.84. The van der Waals surface area contributed by atoms with Gasteiger partial charge >= 0.3 is 6.36 Å². The van der Waals surface area contributed by atoms with E-state index in [0.29, 0.717) is 23.0 Å². The molecule has 0 unspecified atom stereocenters. The maximum atomic E-state index is 12.5. The molecule has 0 radical (unpaired) electrons. The van der Waals surface area contributed by atoms with E-state index >= 15 is 0 Å². The fourth-order valence-corrected chi connectivity index (χ4v) is 2.96. The average Bonchev–Trinajstić information content (AvgIpc) is 3.11. The van der Waals surface area contributed by atoms with Crippen LogP contribution in [0.2, 0.25) is 0 Å². The Bertz CT molecular complexity index is 826. The highest BCUT2D eigenvalue weighted by molar-refractivity contribution is 6.05. The standard InChI is InChI=1S/C18H19F3N4O2/c1-11-15(12(2)23-17(22-11)25-8-3-4-9-25)24-16(26)13-6-5-7-14(10-13)27-18(19,20)21/h5-7,10H,3-4,8-9H2,1-2H3,(H,24,26). The second-order valence-electron chi connectivity index (χ2n) is 6.29. The van der Waals surface area contributed by atoms with Gasteiger partial charge in [0.25, 0.3) is 5.91 Å². The molecule has 27 heavy (non-hydrogen) atoms. The fraction of sp³-hybridized carbons (Fsp3) is 0.389. The minimum absolute atomic E-state index is 0.0409. The van der Waals surface area contributed by atoms with Crippen LogP contribution in [-0.2, 0) is 0 Å². The number of nitrogens with one attached hydrogen (secondary N) is 1. The molecule has 1 amide bonds. The second-order valence-corrected chi connectivity index (χ2v) is 6.29. The Kier molecular flexibility index (Phi) is 5.20. The molecule has 0 bridgehead atoms. The van der Waals surface area contributed by atoms with Crippen LogP contribution in [0.25, 0.3) is 0 Å². The SMILES string of the molecule is Cc1nc(N2CCCC2)nc(C)c1NC(=O)c1cccc(OC(F)(F)F)c1. The minimum Gasteiger partial charge on any atom is -0.406 e. The monoisotopic (exact) mass is 380 g/mol. The van der Waals surface area contributed by atoms with E-state index in [1.165, 1.54) is 12.1 Å². The topological polar surface area (TPSA) is 67.4 Å². The molecule has 0 spiro atoms. The van der Waals surface area contributed by atoms with Crippen LogP contribution in [0.3, 0.4) is 0 Å². The largest absolute Gasteiger partial charge is 0.573 e. The van der Waals surface area contributed by atoms with Gasteiger partial charge in [-0.3, -0.25) is 4.79 Å². The third-order valence-electron chi connectivity index (χ3n) is 4.22. The summed E-state index contributed by atoms with van der Waals surface area (Å²) in [7, 11) is 0. The molecular weight excluding hydrogens is 361 g/mol. The fourth-order valence-electron chi connectivity index (χ4n) is 2.96. The van der Waals surface area contributed by atoms with Gasteiger partial charge < -0.3 is 15.0 Å². The second kappa shape index (κ2) is 7.42. The van der Waals surface area contributed by atoms with Crippen molar-refractivity contribution in [3.05, 3.63) is 41.2 Å². The highest BCUT2D eigenvalue weighted by Gasteiger charge is 2.31. The van der Waals surface area contributed by atoms with Crippen LogP contribution in [0.5, 0.6) is 5.75 Å². The summed E-state index contributed by atoms with van der Waals surface area (Å²) in [5.74, 6) is -0.392. The van der Waals surface area contributed by atoms with E-state index in [9.17, 15) is 18.0 Å². The van der Waals surface area contributed by atoms with E-state index in [-0.39, 0.29) is 5.56 Å². The van der Waals surface area contributed by atoms with Crippen LogP contribution in [0, 0.1) is 13.8 Å². The first kappa shape index (κ1) is 18.9. The minimum atomic E-state index is -4.82. The molecule has 144 valence electrons. The van der Waals surface area contributed by atoms with E-state index in [1.54, 1.807) is 13.8 Å². The van der Waals surface area contributed by atoms with Gasteiger partial charge in [0, 0.05) is 18.7 Å². The van der Waals surface area contributed by atoms with Crippen molar-refractivity contribution < 1.29 is 22.7 Å². The van der Waals surface area contributed by atoms with Gasteiger partial charge in [-0.15, -0.1) is 13.2 Å². The number of halogens is 3. The summed E-state index contributed by atoms with van der Waals surface area (Å²) in [5.41, 5.74) is 1.69. The van der Waals surface area contributed by atoms with Crippen LogP contribution >= 0.6 is 0 Å². The zero-order chi connectivity index (χ0) is 19.6. The Morgan fingerprint density at radius 3 is 2.37 bits per heavy atom. The first-order valence-corrected chi connectivity index (χ1v) is 8.50. The molecule has 0 saturated carbocycles. The smallest absolute Gasteiger partial charge is 0.406 e. The van der Waals surface area contributed by atoms with Crippen LogP contribution in [-0.4, -0.2) is 35.3 Å². The predicted molar refractivity (Wildman–Crippen MR) is 94.0 cm³/mol. The molecule has 6 nitrogen and oxygen atoms in total. The molecule has 1 aliphatic heterocycles. The quantitative estimate of drug-likeness (QED) is 0.873. The van der Waals surface area contributed by atoms with Crippen molar-refractivity contribution >= 4 is 17.5 Å². The van der Waals surface area contributed by atoms with Crippen LogP contribution < -0.4 is 15.0 Å². The Hall–Kier alpha value is -2.84. The highest BCUT2D eigenvalue weighted by atomic mass is 19.4. The molecule has 0 aliphatic carbocycles. The number of rotatable bonds is 4. The summed E-state index contributed by atoms with van der Waals surface area (Å²) in [4.78, 5) is 23.5. The summed E-state index contributed by atoms with van der Waals surface area (Å²) in [6, 6.07) is 4.90. The van der Waals surface area contributed by atoms with Crippen molar-refractivity contribution in [3.8, 4) is 5.75 Å². The third kappa shape index (κ3) is 4.66. The number of anilines is 2. The zero-order valence-corrected chi connectivity index (χ0v) is 14.9. The maximum absolute atomic E-state index is 12.5. The number of hydrogen-bond acceptors (Lipinski definition) is 5. The summed E-state index contributed by atoms with van der Waals surface area (Å²) in [6.07, 6.45) is -2.63. The maximum Gasteiger partial charge on any atom is 0.573 e. The lowest BCUT2D eigenvalue weighted by Crippen LogP contribution is -2.22. The molecule has 1 aliphatic rings. The Morgan fingerprint density at radius 2 is 1.78 bits per heavy atom. The van der Waals surface area contributed by atoms with Gasteiger partial charge in [-0.25, -0.2) is 9.97 Å². The number of benzene rings is 1. The summed E-state index contributed by atoms with van der Waals surface area (Å²) in [5, 5.41) is 2.68. The van der Waals surface area contributed by atoms with Crippen molar-refractivity contribution in [2.24, 2.45) is 0 Å². The highest BCUT2D eigenvalue weighted by Crippen LogP contribution is 2.25. The number of carbonyl (C=O) groups excluding carboxylic acids is 1. The lowest BCUT2D eigenvalue weighted by molar-refractivity contribution is -0.274. The number of aryl methyl sites for hydroxylation is 2. The van der Waals surface area contributed by atoms with Crippen LogP contribution in [0.1, 0.15) is 34.6 Å². The number of alkyl halides is 3. The normalized spacial score (nSPS) is 14.3. The van der Waals surface area contributed by atoms with Gasteiger partial charge in [0.1, 0.15) is 5.75 Å². The van der Waals surface area contributed by atoms with E-state index < -0.39 is 18.0 Å². The van der Waals surface area contributed by atoms with E-state index in [1.807, 2.05) is 0 Å². The number of aromatic nitrogens is 2. The molecule has 3 rings (SSSR count). The number of amides is 1. The summed E-state index contributed by atoms with van der Waals surface area (Å²) >= 11 is 0. The lowest BCUT2D eigenvalue weighted by Gasteiger charge is -2.18. The van der Waals surface area contributed by atoms with Crippen molar-refractivity contribution in [2.75, 3.05) is 23.3 Å². The Balaban J connectivity index is 1.79. The number of carbonyl (C=O) groups is 1. The van der Waals surface area contributed by atoms with Gasteiger partial charge in [0.15, 0.2) is 0 Å². The van der Waals surface area contributed by atoms with Gasteiger partial charge in [-0.1, -0.05) is 6.07 Å². The Labute approximate surface area is 154 Å². The number of ether oxygens (including phenoxy) is 1. The van der Waals surface area contributed by atoms with Gasteiger partial charge in [0.2, 0.25) is 5.95 Å². The van der Waals surface area contributed by atoms with Crippen molar-refractivity contribution in [1.29, 1.82) is 0 Å². The molecule has 0 atom stereocenters. The van der Waals surface area contributed by atoms with E-state index in [2.05, 4.69) is 24.9 Å². The number of hydrogen-bond donors (Lipinski definition) is 1. The molecule has 2 aromatic rings. The van der Waals surface area contributed by atoms with Gasteiger partial charge in [-0.2, -0.15) is 0 Å². The van der Waals surface area contributed by atoms with Crippen LogP contribution in [0.4, 0.5) is 24.8 Å². The third-order valence-corrected chi connectivity index (χ3v) is 4.22. The molecule has 1 N–H and O–H groups in total. The van der Waals surface area contributed by atoms with Crippen molar-refractivity contribution in [2.45, 2.75) is 33.1 Å². The van der Waals surface area contributed by atoms with Gasteiger partial charge in [0.05, 0.1) is 17.1 Å². The van der Waals surface area contributed by atoms with Gasteiger partial charge in [-0.05, 0) is 44.9 Å². The number of nitrogens with zero attached hydrogens (tertiary/aromatic N) is 3. The summed E-state index contributed by atoms with van der Waals surface area (Å²) < 4.78 is 40.9. The molecule has 1 fully saturated rings. The van der Waals surface area contributed by atoms with Crippen molar-refractivity contribution in [1.82, 2.24) is 9.97 Å². The molecule has 1 aromatic heterocycles. The Morgan fingerprint density at radius 1 is 1.15 bits per heavy atom.